The third kappa shape index (κ3) is 16.5. The highest BCUT2D eigenvalue weighted by Gasteiger charge is 2.45. The zero-order chi connectivity index (χ0) is 57.9. The molecular weight excluding hydrogens is 1120 g/mol. The van der Waals surface area contributed by atoms with Crippen LogP contribution in [-0.4, -0.2) is 135 Å². The van der Waals surface area contributed by atoms with E-state index in [0.29, 0.717) is 85.9 Å². The SMILES string of the molecule is CCNc1ccc2c(S(=O)(=O)O)cc(S(=O)(=O)O)cc2c1C(C)(C/C=C/C=C/C=C/C=C1/N(CCCCCC(=O)O)c2ccc3c(S(=O)(=O)O)cc(S(=O)(=O)O)cc3c2C1(C)CCOCCOCCOC)CCCS(=O)(=O)O. The van der Waals surface area contributed by atoms with Gasteiger partial charge in [0.25, 0.3) is 50.6 Å². The number of anilines is 2. The Balaban J connectivity index is 1.61. The predicted octanol–water partition coefficient (Wildman–Crippen LogP) is 7.77. The van der Waals surface area contributed by atoms with Crippen LogP contribution in [0.1, 0.15) is 83.3 Å². The summed E-state index contributed by atoms with van der Waals surface area (Å²) in [6.45, 7) is 7.28. The summed E-state index contributed by atoms with van der Waals surface area (Å²) in [6.07, 6.45) is 13.6. The van der Waals surface area contributed by atoms with Crippen LogP contribution in [-0.2, 0) is 80.4 Å². The van der Waals surface area contributed by atoms with Gasteiger partial charge >= 0.3 is 5.97 Å². The van der Waals surface area contributed by atoms with Gasteiger partial charge in [0.1, 0.15) is 9.79 Å². The summed E-state index contributed by atoms with van der Waals surface area (Å²) >= 11 is 0. The van der Waals surface area contributed by atoms with E-state index in [1.807, 2.05) is 11.8 Å². The lowest BCUT2D eigenvalue weighted by molar-refractivity contribution is -0.137. The molecule has 2 unspecified atom stereocenters. The van der Waals surface area contributed by atoms with Crippen LogP contribution in [0.2, 0.25) is 0 Å². The molecule has 0 saturated carbocycles. The summed E-state index contributed by atoms with van der Waals surface area (Å²) in [5.41, 5.74) is 0.163. The number of hydrogen-bond acceptors (Lipinski definition) is 16. The van der Waals surface area contributed by atoms with Crippen molar-refractivity contribution in [3.05, 3.63) is 108 Å². The van der Waals surface area contributed by atoms with Crippen molar-refractivity contribution in [2.75, 3.05) is 69.2 Å². The Morgan fingerprint density at radius 2 is 1.24 bits per heavy atom. The second kappa shape index (κ2) is 26.4. The van der Waals surface area contributed by atoms with E-state index in [9.17, 15) is 74.8 Å². The molecule has 0 radical (unpaired) electrons. The number of aliphatic carboxylic acids is 1. The van der Waals surface area contributed by atoms with Crippen LogP contribution in [0.25, 0.3) is 21.5 Å². The molecule has 22 nitrogen and oxygen atoms in total. The zero-order valence-electron chi connectivity index (χ0n) is 43.4. The molecule has 0 aromatic heterocycles. The molecule has 0 bridgehead atoms. The van der Waals surface area contributed by atoms with Crippen molar-refractivity contribution < 1.29 is 89.0 Å². The Bertz CT molecular complexity index is 3560. The Kier molecular flexibility index (Phi) is 21.6. The normalized spacial score (nSPS) is 17.1. The summed E-state index contributed by atoms with van der Waals surface area (Å²) in [6, 6.07) is 9.49. The van der Waals surface area contributed by atoms with E-state index in [-0.39, 0.29) is 73.5 Å². The van der Waals surface area contributed by atoms with Crippen LogP contribution in [0.4, 0.5) is 11.4 Å². The van der Waals surface area contributed by atoms with Gasteiger partial charge in [-0.15, -0.1) is 0 Å². The molecule has 0 spiro atoms. The minimum Gasteiger partial charge on any atom is -0.481 e. The number of carboxylic acids is 1. The quantitative estimate of drug-likeness (QED) is 0.0144. The molecule has 4 aromatic rings. The number of allylic oxidation sites excluding steroid dienone is 8. The van der Waals surface area contributed by atoms with Crippen molar-refractivity contribution in [2.24, 2.45) is 0 Å². The standard InChI is InChI=1S/C51H66N2O20S5/c1-5-52-42-20-18-38-40(32-36(75(59,60)61)34-44(38)77(65,66)67)48(42)50(2,23-15-31-74(56,57)58)22-13-9-7-6-8-11-16-46-51(3,24-26-72-29-30-73-28-27-71-4)49-41-33-37(76(62,63)64)35-45(78(68,69)70)39(41)19-21-43(49)53(46)25-14-10-12-17-47(54)55/h6-9,11,13,16,18-21,32-35,52H,5,10,12,14-15,17,22-31H2,1-4H3,(H,54,55)(H,56,57,58)(H,59,60,61)(H,62,63,64)(H,65,66,67)(H,68,69,70)/b7-6+,11-8+,13-9+,46-16+. The van der Waals surface area contributed by atoms with Gasteiger partial charge in [-0.25, -0.2) is 0 Å². The first kappa shape index (κ1) is 63.7. The van der Waals surface area contributed by atoms with E-state index < -0.39 is 92.7 Å². The molecule has 0 amide bonds. The fourth-order valence-corrected chi connectivity index (χ4v) is 13.0. The molecule has 1 heterocycles. The number of fused-ring (bicyclic) bond motifs is 4. The summed E-state index contributed by atoms with van der Waals surface area (Å²) in [7, 11) is -23.1. The fraction of sp³-hybridized carbons (Fsp3) is 0.431. The summed E-state index contributed by atoms with van der Waals surface area (Å²) in [5, 5.41) is 12.5. The predicted molar refractivity (Wildman–Crippen MR) is 293 cm³/mol. The first-order valence-electron chi connectivity index (χ1n) is 24.5. The van der Waals surface area contributed by atoms with E-state index in [0.717, 1.165) is 12.1 Å². The molecule has 0 aliphatic carbocycles. The fourth-order valence-electron chi connectivity index (χ4n) is 9.76. The van der Waals surface area contributed by atoms with Crippen molar-refractivity contribution in [1.29, 1.82) is 0 Å². The average molecular weight is 1190 g/mol. The van der Waals surface area contributed by atoms with Crippen LogP contribution in [0.15, 0.2) is 116 Å². The summed E-state index contributed by atoms with van der Waals surface area (Å²) in [5.74, 6) is -1.60. The maximum Gasteiger partial charge on any atom is 0.303 e. The topological polar surface area (TPSA) is 352 Å². The van der Waals surface area contributed by atoms with Gasteiger partial charge in [0.05, 0.1) is 42.0 Å². The lowest BCUT2D eigenvalue weighted by Gasteiger charge is -2.33. The van der Waals surface area contributed by atoms with Crippen LogP contribution < -0.4 is 10.2 Å². The first-order chi connectivity index (χ1) is 36.4. The summed E-state index contributed by atoms with van der Waals surface area (Å²) < 4.78 is 192. The van der Waals surface area contributed by atoms with Crippen molar-refractivity contribution in [1.82, 2.24) is 0 Å². The van der Waals surface area contributed by atoms with Gasteiger partial charge in [-0.2, -0.15) is 42.1 Å². The second-order valence-electron chi connectivity index (χ2n) is 19.0. The number of methoxy groups -OCH3 is 1. The highest BCUT2D eigenvalue weighted by molar-refractivity contribution is 7.87. The minimum absolute atomic E-state index is 0.0186. The van der Waals surface area contributed by atoms with Crippen LogP contribution in [0.3, 0.4) is 0 Å². The number of unbranched alkanes of at least 4 members (excludes halogenated alkanes) is 2. The van der Waals surface area contributed by atoms with Gasteiger partial charge < -0.3 is 29.5 Å². The average Bonchev–Trinajstić information content (AvgIpc) is 3.60. The monoisotopic (exact) mass is 1190 g/mol. The molecular formula is C51H66N2O20S5. The number of hydrogen-bond donors (Lipinski definition) is 7. The number of benzene rings is 4. The van der Waals surface area contributed by atoms with Crippen LogP contribution >= 0.6 is 0 Å². The Labute approximate surface area is 455 Å². The van der Waals surface area contributed by atoms with Gasteiger partial charge in [-0.05, 0) is 122 Å². The van der Waals surface area contributed by atoms with Gasteiger partial charge in [0.2, 0.25) is 0 Å². The zero-order valence-corrected chi connectivity index (χ0v) is 47.4. The smallest absolute Gasteiger partial charge is 0.303 e. The van der Waals surface area contributed by atoms with Gasteiger partial charge in [0, 0.05) is 66.5 Å². The van der Waals surface area contributed by atoms with Crippen LogP contribution in [0, 0.1) is 0 Å². The summed E-state index contributed by atoms with van der Waals surface area (Å²) in [4.78, 5) is 10.2. The van der Waals surface area contributed by atoms with Crippen molar-refractivity contribution in [3.63, 3.8) is 0 Å². The number of carboxylic acid groups (broad SMARTS) is 1. The van der Waals surface area contributed by atoms with Crippen molar-refractivity contribution in [3.8, 4) is 0 Å². The number of nitrogens with zero attached hydrogens (tertiary/aromatic N) is 1. The van der Waals surface area contributed by atoms with Crippen molar-refractivity contribution in [2.45, 2.75) is 103 Å². The molecule has 0 fully saturated rings. The molecule has 430 valence electrons. The molecule has 4 aromatic carbocycles. The maximum absolute atomic E-state index is 12.8. The number of carbonyl (C=O) groups is 1. The Morgan fingerprint density at radius 1 is 0.679 bits per heavy atom. The van der Waals surface area contributed by atoms with Crippen LogP contribution in [0.5, 0.6) is 0 Å². The molecule has 0 saturated heterocycles. The van der Waals surface area contributed by atoms with E-state index >= 15 is 0 Å². The molecule has 27 heteroatoms. The molecule has 78 heavy (non-hydrogen) atoms. The minimum atomic E-state index is -5.07. The van der Waals surface area contributed by atoms with E-state index in [4.69, 9.17) is 14.2 Å². The third-order valence-electron chi connectivity index (χ3n) is 13.3. The molecule has 2 atom stereocenters. The molecule has 1 aliphatic rings. The number of rotatable bonds is 31. The number of nitrogens with one attached hydrogen (secondary N) is 1. The van der Waals surface area contributed by atoms with Crippen molar-refractivity contribution >= 4 is 89.5 Å². The first-order valence-corrected chi connectivity index (χ1v) is 31.9. The Morgan fingerprint density at radius 3 is 1.82 bits per heavy atom. The van der Waals surface area contributed by atoms with Gasteiger partial charge in [-0.3, -0.25) is 27.6 Å². The van der Waals surface area contributed by atoms with Gasteiger partial charge in [-0.1, -0.05) is 61.9 Å². The van der Waals surface area contributed by atoms with E-state index in [1.54, 1.807) is 62.4 Å². The lowest BCUT2D eigenvalue weighted by Crippen LogP contribution is -2.30. The number of ether oxygens (including phenoxy) is 3. The third-order valence-corrected chi connectivity index (χ3v) is 17.6. The Hall–Kier alpha value is -5.14. The molecule has 5 rings (SSSR count). The second-order valence-corrected chi connectivity index (χ2v) is 26.2. The largest absolute Gasteiger partial charge is 0.481 e. The van der Waals surface area contributed by atoms with Gasteiger partial charge in [0.15, 0.2) is 0 Å². The van der Waals surface area contributed by atoms with E-state index in [2.05, 4.69) is 5.32 Å². The lowest BCUT2D eigenvalue weighted by atomic mass is 9.73. The molecule has 7 N–H and O–H groups in total. The highest BCUT2D eigenvalue weighted by atomic mass is 32.2. The van der Waals surface area contributed by atoms with E-state index in [1.165, 1.54) is 25.3 Å². The maximum atomic E-state index is 12.8. The molecule has 1 aliphatic heterocycles. The highest BCUT2D eigenvalue weighted by Crippen LogP contribution is 2.54.